The number of ether oxygens (including phenoxy) is 1. The van der Waals surface area contributed by atoms with Crippen LogP contribution in [0.3, 0.4) is 0 Å². The van der Waals surface area contributed by atoms with Crippen molar-refractivity contribution in [2.45, 2.75) is 12.5 Å². The topological polar surface area (TPSA) is 80.2 Å². The Hall–Kier alpha value is -0.980. The van der Waals surface area contributed by atoms with Crippen LogP contribution in [0, 0.1) is 6.92 Å². The van der Waals surface area contributed by atoms with Crippen molar-refractivity contribution in [2.24, 2.45) is 0 Å². The molecule has 0 unspecified atom stereocenters. The summed E-state index contributed by atoms with van der Waals surface area (Å²) in [7, 11) is 0. The maximum atomic E-state index is 9.18. The quantitative estimate of drug-likeness (QED) is 0.761. The van der Waals surface area contributed by atoms with E-state index in [1.54, 1.807) is 6.92 Å². The Labute approximate surface area is 91.6 Å². The number of aliphatic hydroxyl groups is 1. The van der Waals surface area contributed by atoms with Crippen molar-refractivity contribution in [2.75, 3.05) is 25.1 Å². The van der Waals surface area contributed by atoms with Crippen molar-refractivity contribution in [1.82, 2.24) is 15.2 Å². The van der Waals surface area contributed by atoms with E-state index in [0.29, 0.717) is 24.9 Å². The highest BCUT2D eigenvalue weighted by molar-refractivity contribution is 6.29. The third-order valence-electron chi connectivity index (χ3n) is 2.24. The fourth-order valence-electron chi connectivity index (χ4n) is 1.23. The van der Waals surface area contributed by atoms with Gasteiger partial charge >= 0.3 is 0 Å². The van der Waals surface area contributed by atoms with Crippen molar-refractivity contribution in [3.05, 3.63) is 10.8 Å². The molecule has 1 saturated heterocycles. The molecule has 0 radical (unpaired) electrons. The van der Waals surface area contributed by atoms with Gasteiger partial charge < -0.3 is 15.2 Å². The summed E-state index contributed by atoms with van der Waals surface area (Å²) in [4.78, 5) is 4.10. The maximum Gasteiger partial charge on any atom is 0.243 e. The van der Waals surface area contributed by atoms with Crippen LogP contribution in [0.15, 0.2) is 0 Å². The summed E-state index contributed by atoms with van der Waals surface area (Å²) in [6, 6.07) is 0. The molecule has 0 spiro atoms. The SMILES string of the molecule is Cc1nc(NC2(CO)COC2)nnc1Cl. The monoisotopic (exact) mass is 230 g/mol. The molecular formula is C8H11ClN4O2. The molecule has 0 bridgehead atoms. The van der Waals surface area contributed by atoms with Gasteiger partial charge in [-0.15, -0.1) is 10.2 Å². The molecule has 0 aliphatic carbocycles. The van der Waals surface area contributed by atoms with Gasteiger partial charge in [0.2, 0.25) is 5.95 Å². The minimum Gasteiger partial charge on any atom is -0.394 e. The first kappa shape index (κ1) is 10.5. The molecule has 2 heterocycles. The molecule has 15 heavy (non-hydrogen) atoms. The summed E-state index contributed by atoms with van der Waals surface area (Å²) < 4.78 is 5.03. The van der Waals surface area contributed by atoms with E-state index in [-0.39, 0.29) is 11.8 Å². The average Bonchev–Trinajstić information content (AvgIpc) is 2.17. The molecule has 1 fully saturated rings. The van der Waals surface area contributed by atoms with E-state index >= 15 is 0 Å². The molecule has 0 saturated carbocycles. The van der Waals surface area contributed by atoms with Crippen LogP contribution in [-0.2, 0) is 4.74 Å². The number of aromatic nitrogens is 3. The molecule has 1 aliphatic rings. The van der Waals surface area contributed by atoms with Gasteiger partial charge in [0.1, 0.15) is 5.54 Å². The molecule has 0 amide bonds. The third kappa shape index (κ3) is 2.01. The first-order valence-electron chi connectivity index (χ1n) is 4.49. The van der Waals surface area contributed by atoms with Gasteiger partial charge in [0, 0.05) is 0 Å². The Morgan fingerprint density at radius 1 is 1.53 bits per heavy atom. The molecule has 7 heteroatoms. The van der Waals surface area contributed by atoms with Gasteiger partial charge in [-0.2, -0.15) is 0 Å². The van der Waals surface area contributed by atoms with Crippen LogP contribution >= 0.6 is 11.6 Å². The summed E-state index contributed by atoms with van der Waals surface area (Å²) >= 11 is 5.70. The molecular weight excluding hydrogens is 220 g/mol. The van der Waals surface area contributed by atoms with Gasteiger partial charge in [0.05, 0.1) is 25.5 Å². The number of aliphatic hydroxyl groups excluding tert-OH is 1. The highest BCUT2D eigenvalue weighted by atomic mass is 35.5. The maximum absolute atomic E-state index is 9.18. The molecule has 1 aliphatic heterocycles. The second-order valence-electron chi connectivity index (χ2n) is 3.57. The number of anilines is 1. The minimum atomic E-state index is -0.470. The predicted octanol–water partition coefficient (Wildman–Crippen LogP) is 0.00662. The Morgan fingerprint density at radius 3 is 2.73 bits per heavy atom. The lowest BCUT2D eigenvalue weighted by Gasteiger charge is -2.40. The summed E-state index contributed by atoms with van der Waals surface area (Å²) in [6.07, 6.45) is 0. The van der Waals surface area contributed by atoms with E-state index in [1.807, 2.05) is 0 Å². The summed E-state index contributed by atoms with van der Waals surface area (Å²) in [5.74, 6) is 0.356. The highest BCUT2D eigenvalue weighted by Crippen LogP contribution is 2.21. The smallest absolute Gasteiger partial charge is 0.243 e. The molecule has 82 valence electrons. The fourth-order valence-corrected chi connectivity index (χ4v) is 1.31. The second kappa shape index (κ2) is 3.88. The van der Waals surface area contributed by atoms with Crippen molar-refractivity contribution >= 4 is 17.5 Å². The summed E-state index contributed by atoms with van der Waals surface area (Å²) in [5.41, 5.74) is 0.129. The van der Waals surface area contributed by atoms with Crippen LogP contribution in [0.5, 0.6) is 0 Å². The van der Waals surface area contributed by atoms with Crippen molar-refractivity contribution in [3.8, 4) is 0 Å². The van der Waals surface area contributed by atoms with E-state index in [0.717, 1.165) is 0 Å². The van der Waals surface area contributed by atoms with Gasteiger partial charge in [-0.3, -0.25) is 0 Å². The molecule has 2 rings (SSSR count). The van der Waals surface area contributed by atoms with Crippen LogP contribution < -0.4 is 5.32 Å². The lowest BCUT2D eigenvalue weighted by molar-refractivity contribution is -0.0654. The van der Waals surface area contributed by atoms with Crippen LogP contribution in [0.25, 0.3) is 0 Å². The number of hydrogen-bond donors (Lipinski definition) is 2. The normalized spacial score (nSPS) is 18.3. The Bertz CT molecular complexity index is 364. The Kier molecular flexibility index (Phi) is 2.72. The second-order valence-corrected chi connectivity index (χ2v) is 3.93. The Morgan fingerprint density at radius 2 is 2.27 bits per heavy atom. The average molecular weight is 231 g/mol. The standard InChI is InChI=1S/C8H11ClN4O2/c1-5-6(9)12-13-7(10-5)11-8(2-14)3-15-4-8/h14H,2-4H2,1H3,(H,10,11,13). The van der Waals surface area contributed by atoms with E-state index in [2.05, 4.69) is 20.5 Å². The van der Waals surface area contributed by atoms with Crippen LogP contribution in [0.1, 0.15) is 5.69 Å². The lowest BCUT2D eigenvalue weighted by Crippen LogP contribution is -2.59. The zero-order chi connectivity index (χ0) is 10.9. The fraction of sp³-hybridized carbons (Fsp3) is 0.625. The minimum absolute atomic E-state index is 0.0297. The van der Waals surface area contributed by atoms with Gasteiger partial charge in [0.25, 0.3) is 0 Å². The predicted molar refractivity (Wildman–Crippen MR) is 53.8 cm³/mol. The molecule has 2 N–H and O–H groups in total. The molecule has 0 aromatic carbocycles. The zero-order valence-corrected chi connectivity index (χ0v) is 8.95. The highest BCUT2D eigenvalue weighted by Gasteiger charge is 2.38. The molecule has 1 aromatic heterocycles. The van der Waals surface area contributed by atoms with Gasteiger partial charge in [0.15, 0.2) is 5.15 Å². The zero-order valence-electron chi connectivity index (χ0n) is 8.20. The summed E-state index contributed by atoms with van der Waals surface area (Å²) in [6.45, 7) is 2.59. The number of halogens is 1. The van der Waals surface area contributed by atoms with Gasteiger partial charge in [-0.25, -0.2) is 4.98 Å². The van der Waals surface area contributed by atoms with E-state index in [4.69, 9.17) is 16.3 Å². The van der Waals surface area contributed by atoms with E-state index in [1.165, 1.54) is 0 Å². The largest absolute Gasteiger partial charge is 0.394 e. The van der Waals surface area contributed by atoms with Gasteiger partial charge in [-0.1, -0.05) is 11.6 Å². The molecule has 1 aromatic rings. The van der Waals surface area contributed by atoms with Crippen molar-refractivity contribution < 1.29 is 9.84 Å². The third-order valence-corrected chi connectivity index (χ3v) is 2.59. The molecule has 0 atom stereocenters. The van der Waals surface area contributed by atoms with Gasteiger partial charge in [-0.05, 0) is 6.92 Å². The number of nitrogens with zero attached hydrogens (tertiary/aromatic N) is 3. The van der Waals surface area contributed by atoms with Crippen LogP contribution in [0.2, 0.25) is 5.15 Å². The van der Waals surface area contributed by atoms with Crippen LogP contribution in [-0.4, -0.2) is 45.6 Å². The number of hydrogen-bond acceptors (Lipinski definition) is 6. The first-order chi connectivity index (χ1) is 7.15. The summed E-state index contributed by atoms with van der Waals surface area (Å²) in [5, 5.41) is 20.0. The number of rotatable bonds is 3. The lowest BCUT2D eigenvalue weighted by atomic mass is 9.99. The van der Waals surface area contributed by atoms with Crippen molar-refractivity contribution in [1.29, 1.82) is 0 Å². The Balaban J connectivity index is 2.13. The number of nitrogens with one attached hydrogen (secondary N) is 1. The van der Waals surface area contributed by atoms with Crippen molar-refractivity contribution in [3.63, 3.8) is 0 Å². The van der Waals surface area contributed by atoms with E-state index in [9.17, 15) is 5.11 Å². The number of aryl methyl sites for hydroxylation is 1. The molecule has 6 nitrogen and oxygen atoms in total. The van der Waals surface area contributed by atoms with Crippen LogP contribution in [0.4, 0.5) is 5.95 Å². The first-order valence-corrected chi connectivity index (χ1v) is 4.87. The van der Waals surface area contributed by atoms with E-state index < -0.39 is 5.54 Å².